The molecule has 5 nitrogen and oxygen atoms in total. The molecule has 1 saturated heterocycles. The lowest BCUT2D eigenvalue weighted by atomic mass is 9.93. The fraction of sp³-hybridized carbons (Fsp3) is 0.650. The van der Waals surface area contributed by atoms with Crippen LogP contribution in [0.3, 0.4) is 0 Å². The van der Waals surface area contributed by atoms with E-state index in [1.165, 1.54) is 11.1 Å². The van der Waals surface area contributed by atoms with Gasteiger partial charge in [-0.15, -0.1) is 0 Å². The number of benzene rings is 1. The van der Waals surface area contributed by atoms with Gasteiger partial charge in [-0.3, -0.25) is 4.90 Å². The maximum Gasteiger partial charge on any atom is 0.329 e. The van der Waals surface area contributed by atoms with Crippen molar-refractivity contribution in [3.63, 3.8) is 0 Å². The zero-order valence-electron chi connectivity index (χ0n) is 15.3. The number of aliphatic carboxylic acids is 1. The Labute approximate surface area is 149 Å². The SMILES string of the molecule is CC1(C)CCc2cc(CN3CCC(COCC(=O)O)CC3)ccc2O1. The zero-order chi connectivity index (χ0) is 17.9. The number of fused-ring (bicyclic) bond motifs is 1. The molecule has 1 fully saturated rings. The van der Waals surface area contributed by atoms with Gasteiger partial charge in [0.1, 0.15) is 18.0 Å². The number of hydrogen-bond acceptors (Lipinski definition) is 4. The highest BCUT2D eigenvalue weighted by atomic mass is 16.5. The van der Waals surface area contributed by atoms with E-state index < -0.39 is 5.97 Å². The van der Waals surface area contributed by atoms with Gasteiger partial charge in [0.25, 0.3) is 0 Å². The van der Waals surface area contributed by atoms with Crippen LogP contribution in [0.25, 0.3) is 0 Å². The first-order valence-electron chi connectivity index (χ1n) is 9.24. The van der Waals surface area contributed by atoms with Gasteiger partial charge in [0, 0.05) is 6.54 Å². The number of carboxylic acids is 1. The third-order valence-corrected chi connectivity index (χ3v) is 5.20. The summed E-state index contributed by atoms with van der Waals surface area (Å²) in [7, 11) is 0. The fourth-order valence-electron chi connectivity index (χ4n) is 3.69. The normalized spacial score (nSPS) is 20.7. The summed E-state index contributed by atoms with van der Waals surface area (Å²) in [5.74, 6) is 0.626. The van der Waals surface area contributed by atoms with Gasteiger partial charge in [-0.25, -0.2) is 4.79 Å². The highest BCUT2D eigenvalue weighted by Gasteiger charge is 2.27. The molecular weight excluding hydrogens is 318 g/mol. The number of carbonyl (C=O) groups is 1. The molecule has 5 heteroatoms. The summed E-state index contributed by atoms with van der Waals surface area (Å²) in [6.07, 6.45) is 4.29. The van der Waals surface area contributed by atoms with Crippen LogP contribution in [0.15, 0.2) is 18.2 Å². The first-order valence-corrected chi connectivity index (χ1v) is 9.24. The number of nitrogens with zero attached hydrogens (tertiary/aromatic N) is 1. The lowest BCUT2D eigenvalue weighted by molar-refractivity contribution is -0.142. The van der Waals surface area contributed by atoms with E-state index in [4.69, 9.17) is 14.6 Å². The highest BCUT2D eigenvalue weighted by molar-refractivity contribution is 5.67. The Bertz CT molecular complexity index is 606. The van der Waals surface area contributed by atoms with Crippen molar-refractivity contribution in [3.8, 4) is 5.75 Å². The third kappa shape index (κ3) is 5.19. The van der Waals surface area contributed by atoms with E-state index in [1.807, 2.05) is 0 Å². The van der Waals surface area contributed by atoms with Gasteiger partial charge < -0.3 is 14.6 Å². The summed E-state index contributed by atoms with van der Waals surface area (Å²) in [5.41, 5.74) is 2.62. The minimum Gasteiger partial charge on any atom is -0.488 e. The van der Waals surface area contributed by atoms with E-state index in [0.29, 0.717) is 12.5 Å². The number of likely N-dealkylation sites (tertiary alicyclic amines) is 1. The zero-order valence-corrected chi connectivity index (χ0v) is 15.3. The van der Waals surface area contributed by atoms with E-state index in [9.17, 15) is 4.79 Å². The maximum atomic E-state index is 10.5. The van der Waals surface area contributed by atoms with Crippen molar-refractivity contribution >= 4 is 5.97 Å². The molecular formula is C20H29NO4. The van der Waals surface area contributed by atoms with E-state index in [2.05, 4.69) is 36.9 Å². The standard InChI is InChI=1S/C20H29NO4/c1-20(2)8-5-17-11-16(3-4-18(17)25-20)12-21-9-6-15(7-10-21)13-24-14-19(22)23/h3-4,11,15H,5-10,12-14H2,1-2H3,(H,22,23). The number of aryl methyl sites for hydroxylation is 1. The summed E-state index contributed by atoms with van der Waals surface area (Å²) < 4.78 is 11.3. The monoisotopic (exact) mass is 347 g/mol. The Balaban J connectivity index is 1.47. The first-order chi connectivity index (χ1) is 11.9. The summed E-state index contributed by atoms with van der Waals surface area (Å²) in [4.78, 5) is 13.0. The Morgan fingerprint density at radius 3 is 2.84 bits per heavy atom. The van der Waals surface area contributed by atoms with Gasteiger partial charge in [-0.05, 0) is 75.7 Å². The van der Waals surface area contributed by atoms with Crippen LogP contribution >= 0.6 is 0 Å². The topological polar surface area (TPSA) is 59.0 Å². The van der Waals surface area contributed by atoms with Gasteiger partial charge in [0.15, 0.2) is 0 Å². The second kappa shape index (κ2) is 7.75. The van der Waals surface area contributed by atoms with E-state index >= 15 is 0 Å². The largest absolute Gasteiger partial charge is 0.488 e. The molecule has 1 N–H and O–H groups in total. The molecule has 0 unspecified atom stereocenters. The number of rotatable bonds is 6. The van der Waals surface area contributed by atoms with Crippen molar-refractivity contribution in [1.29, 1.82) is 0 Å². The Hall–Kier alpha value is -1.59. The molecule has 0 radical (unpaired) electrons. The molecule has 2 heterocycles. The van der Waals surface area contributed by atoms with Crippen LogP contribution in [-0.2, 0) is 22.5 Å². The molecule has 0 aliphatic carbocycles. The minimum absolute atomic E-state index is 0.0564. The van der Waals surface area contributed by atoms with Crippen molar-refractivity contribution in [2.75, 3.05) is 26.3 Å². The number of ether oxygens (including phenoxy) is 2. The van der Waals surface area contributed by atoms with E-state index in [0.717, 1.165) is 51.1 Å². The van der Waals surface area contributed by atoms with E-state index in [1.54, 1.807) is 0 Å². The lowest BCUT2D eigenvalue weighted by Gasteiger charge is -2.34. The summed E-state index contributed by atoms with van der Waals surface area (Å²) >= 11 is 0. The van der Waals surface area contributed by atoms with Crippen molar-refractivity contribution in [3.05, 3.63) is 29.3 Å². The summed E-state index contributed by atoms with van der Waals surface area (Å²) in [6, 6.07) is 6.60. The van der Waals surface area contributed by atoms with Crippen LogP contribution in [-0.4, -0.2) is 47.9 Å². The second-order valence-electron chi connectivity index (χ2n) is 7.93. The summed E-state index contributed by atoms with van der Waals surface area (Å²) in [5, 5.41) is 8.62. The smallest absolute Gasteiger partial charge is 0.329 e. The molecule has 1 aromatic carbocycles. The van der Waals surface area contributed by atoms with Crippen molar-refractivity contribution in [2.24, 2.45) is 5.92 Å². The Kier molecular flexibility index (Phi) is 5.64. The molecule has 0 aromatic heterocycles. The molecule has 2 aliphatic heterocycles. The molecule has 138 valence electrons. The maximum absolute atomic E-state index is 10.5. The Morgan fingerprint density at radius 2 is 2.12 bits per heavy atom. The average molecular weight is 347 g/mol. The molecule has 0 atom stereocenters. The van der Waals surface area contributed by atoms with Crippen LogP contribution < -0.4 is 4.74 Å². The molecule has 25 heavy (non-hydrogen) atoms. The first kappa shape index (κ1) is 18.2. The molecule has 0 bridgehead atoms. The predicted octanol–water partition coefficient (Wildman–Crippen LogP) is 3.10. The molecule has 2 aliphatic rings. The molecule has 1 aromatic rings. The van der Waals surface area contributed by atoms with Crippen molar-refractivity contribution in [1.82, 2.24) is 4.90 Å². The van der Waals surface area contributed by atoms with Gasteiger partial charge in [0.05, 0.1) is 6.61 Å². The molecule has 0 amide bonds. The lowest BCUT2D eigenvalue weighted by Crippen LogP contribution is -2.35. The number of piperidine rings is 1. The van der Waals surface area contributed by atoms with E-state index in [-0.39, 0.29) is 12.2 Å². The summed E-state index contributed by atoms with van der Waals surface area (Å²) in [6.45, 7) is 7.73. The van der Waals surface area contributed by atoms with Gasteiger partial charge >= 0.3 is 5.97 Å². The number of hydrogen-bond donors (Lipinski definition) is 1. The van der Waals surface area contributed by atoms with Crippen LogP contribution in [0.2, 0.25) is 0 Å². The molecule has 3 rings (SSSR count). The molecule has 0 saturated carbocycles. The van der Waals surface area contributed by atoms with Crippen molar-refractivity contribution in [2.45, 2.75) is 51.7 Å². The van der Waals surface area contributed by atoms with Crippen LogP contribution in [0, 0.1) is 5.92 Å². The van der Waals surface area contributed by atoms with Gasteiger partial charge in [-0.1, -0.05) is 12.1 Å². The fourth-order valence-corrected chi connectivity index (χ4v) is 3.69. The van der Waals surface area contributed by atoms with Gasteiger partial charge in [-0.2, -0.15) is 0 Å². The Morgan fingerprint density at radius 1 is 1.36 bits per heavy atom. The third-order valence-electron chi connectivity index (χ3n) is 5.20. The van der Waals surface area contributed by atoms with Crippen LogP contribution in [0.1, 0.15) is 44.2 Å². The van der Waals surface area contributed by atoms with Crippen molar-refractivity contribution < 1.29 is 19.4 Å². The van der Waals surface area contributed by atoms with Crippen LogP contribution in [0.4, 0.5) is 0 Å². The molecule has 0 spiro atoms. The average Bonchev–Trinajstić information content (AvgIpc) is 2.56. The highest BCUT2D eigenvalue weighted by Crippen LogP contribution is 2.33. The van der Waals surface area contributed by atoms with Gasteiger partial charge in [0.2, 0.25) is 0 Å². The second-order valence-corrected chi connectivity index (χ2v) is 7.93. The quantitative estimate of drug-likeness (QED) is 0.857. The minimum atomic E-state index is -0.891. The number of carboxylic acid groups (broad SMARTS) is 1. The van der Waals surface area contributed by atoms with Crippen LogP contribution in [0.5, 0.6) is 5.75 Å². The predicted molar refractivity (Wildman–Crippen MR) is 95.9 cm³/mol.